The molecule has 0 aliphatic carbocycles. The first-order valence-corrected chi connectivity index (χ1v) is 7.23. The number of aryl methyl sites for hydroxylation is 1. The molecule has 1 aromatic heterocycles. The Morgan fingerprint density at radius 3 is 2.62 bits per heavy atom. The molecule has 0 aliphatic heterocycles. The van der Waals surface area contributed by atoms with Crippen LogP contribution in [0.4, 0.5) is 0 Å². The van der Waals surface area contributed by atoms with Crippen molar-refractivity contribution in [1.29, 1.82) is 0 Å². The van der Waals surface area contributed by atoms with Gasteiger partial charge in [-0.05, 0) is 35.7 Å². The average molecular weight is 277 g/mol. The molecular formula is C18H19N3. The number of hydrogen-bond donors (Lipinski definition) is 1. The van der Waals surface area contributed by atoms with Crippen molar-refractivity contribution < 1.29 is 0 Å². The van der Waals surface area contributed by atoms with E-state index < -0.39 is 0 Å². The van der Waals surface area contributed by atoms with E-state index in [0.29, 0.717) is 0 Å². The minimum absolute atomic E-state index is 0.193. The number of para-hydroxylation sites is 1. The second-order valence-electron chi connectivity index (χ2n) is 5.10. The van der Waals surface area contributed by atoms with Crippen LogP contribution in [-0.4, -0.2) is 9.78 Å². The Morgan fingerprint density at radius 1 is 1.05 bits per heavy atom. The molecule has 0 fully saturated rings. The molecule has 0 aliphatic rings. The SMILES string of the molecule is CCc1cccc(C(N)c2ccn(-c3ccccc3)n2)c1. The van der Waals surface area contributed by atoms with E-state index in [-0.39, 0.29) is 6.04 Å². The third-order valence-corrected chi connectivity index (χ3v) is 3.67. The fraction of sp³-hybridized carbons (Fsp3) is 0.167. The van der Waals surface area contributed by atoms with Crippen molar-refractivity contribution in [2.24, 2.45) is 5.73 Å². The number of hydrogen-bond acceptors (Lipinski definition) is 2. The summed E-state index contributed by atoms with van der Waals surface area (Å²) in [5.41, 5.74) is 10.7. The molecule has 3 heteroatoms. The van der Waals surface area contributed by atoms with Gasteiger partial charge in [0.1, 0.15) is 0 Å². The van der Waals surface area contributed by atoms with Crippen molar-refractivity contribution >= 4 is 0 Å². The normalized spacial score (nSPS) is 12.3. The summed E-state index contributed by atoms with van der Waals surface area (Å²) in [5, 5.41) is 4.60. The first-order chi connectivity index (χ1) is 10.3. The van der Waals surface area contributed by atoms with E-state index in [1.54, 1.807) is 0 Å². The first-order valence-electron chi connectivity index (χ1n) is 7.23. The fourth-order valence-electron chi connectivity index (χ4n) is 2.41. The van der Waals surface area contributed by atoms with Gasteiger partial charge in [0, 0.05) is 6.20 Å². The molecule has 0 amide bonds. The lowest BCUT2D eigenvalue weighted by Crippen LogP contribution is -2.13. The molecule has 0 spiro atoms. The summed E-state index contributed by atoms with van der Waals surface area (Å²) in [4.78, 5) is 0. The Morgan fingerprint density at radius 2 is 1.86 bits per heavy atom. The van der Waals surface area contributed by atoms with Gasteiger partial charge in [0.25, 0.3) is 0 Å². The lowest BCUT2D eigenvalue weighted by molar-refractivity contribution is 0.772. The maximum atomic E-state index is 6.36. The van der Waals surface area contributed by atoms with Crippen LogP contribution in [0.25, 0.3) is 5.69 Å². The maximum Gasteiger partial charge on any atom is 0.0841 e. The van der Waals surface area contributed by atoms with Crippen molar-refractivity contribution in [3.8, 4) is 5.69 Å². The van der Waals surface area contributed by atoms with Gasteiger partial charge in [0.15, 0.2) is 0 Å². The van der Waals surface area contributed by atoms with Gasteiger partial charge in [-0.25, -0.2) is 4.68 Å². The highest BCUT2D eigenvalue weighted by Crippen LogP contribution is 2.20. The standard InChI is InChI=1S/C18H19N3/c1-2-14-7-6-8-15(13-14)18(19)17-11-12-21(20-17)16-9-4-3-5-10-16/h3-13,18H,2,19H2,1H3. The molecule has 1 unspecified atom stereocenters. The van der Waals surface area contributed by atoms with Crippen molar-refractivity contribution in [3.05, 3.63) is 83.7 Å². The van der Waals surface area contributed by atoms with E-state index in [0.717, 1.165) is 23.4 Å². The minimum Gasteiger partial charge on any atom is -0.319 e. The summed E-state index contributed by atoms with van der Waals surface area (Å²) in [6.45, 7) is 2.15. The molecule has 21 heavy (non-hydrogen) atoms. The van der Waals surface area contributed by atoms with Gasteiger partial charge in [-0.2, -0.15) is 5.10 Å². The van der Waals surface area contributed by atoms with Crippen LogP contribution in [0.3, 0.4) is 0 Å². The van der Waals surface area contributed by atoms with Gasteiger partial charge < -0.3 is 5.73 Å². The highest BCUT2D eigenvalue weighted by atomic mass is 15.3. The van der Waals surface area contributed by atoms with Crippen LogP contribution in [0.2, 0.25) is 0 Å². The predicted octanol–water partition coefficient (Wildman–Crippen LogP) is 3.48. The number of benzene rings is 2. The summed E-state index contributed by atoms with van der Waals surface area (Å²) in [7, 11) is 0. The largest absolute Gasteiger partial charge is 0.319 e. The van der Waals surface area contributed by atoms with Gasteiger partial charge in [0.2, 0.25) is 0 Å². The summed E-state index contributed by atoms with van der Waals surface area (Å²) in [5.74, 6) is 0. The van der Waals surface area contributed by atoms with Gasteiger partial charge in [0.05, 0.1) is 17.4 Å². The molecule has 3 rings (SSSR count). The molecule has 0 bridgehead atoms. The quantitative estimate of drug-likeness (QED) is 0.793. The van der Waals surface area contributed by atoms with Crippen molar-refractivity contribution in [2.45, 2.75) is 19.4 Å². The maximum absolute atomic E-state index is 6.36. The lowest BCUT2D eigenvalue weighted by atomic mass is 10.0. The van der Waals surface area contributed by atoms with E-state index in [2.05, 4.69) is 36.3 Å². The summed E-state index contributed by atoms with van der Waals surface area (Å²) < 4.78 is 1.86. The van der Waals surface area contributed by atoms with E-state index in [4.69, 9.17) is 5.73 Å². The Labute approximate surface area is 125 Å². The molecule has 0 saturated heterocycles. The van der Waals surface area contributed by atoms with Gasteiger partial charge >= 0.3 is 0 Å². The Hall–Kier alpha value is -2.39. The van der Waals surface area contributed by atoms with Crippen LogP contribution in [0, 0.1) is 0 Å². The zero-order chi connectivity index (χ0) is 14.7. The molecule has 106 valence electrons. The van der Waals surface area contributed by atoms with Gasteiger partial charge in [-0.3, -0.25) is 0 Å². The van der Waals surface area contributed by atoms with E-state index >= 15 is 0 Å². The summed E-state index contributed by atoms with van der Waals surface area (Å²) >= 11 is 0. The molecule has 0 radical (unpaired) electrons. The molecule has 3 nitrogen and oxygen atoms in total. The number of nitrogens with zero attached hydrogens (tertiary/aromatic N) is 2. The monoisotopic (exact) mass is 277 g/mol. The molecule has 1 atom stereocenters. The van der Waals surface area contributed by atoms with Gasteiger partial charge in [-0.1, -0.05) is 49.4 Å². The zero-order valence-electron chi connectivity index (χ0n) is 12.1. The second-order valence-corrected chi connectivity index (χ2v) is 5.10. The van der Waals surface area contributed by atoms with Gasteiger partial charge in [-0.15, -0.1) is 0 Å². The summed E-state index contributed by atoms with van der Waals surface area (Å²) in [6, 6.07) is 20.2. The van der Waals surface area contributed by atoms with Crippen molar-refractivity contribution in [1.82, 2.24) is 9.78 Å². The number of rotatable bonds is 4. The topological polar surface area (TPSA) is 43.8 Å². The van der Waals surface area contributed by atoms with Crippen LogP contribution in [-0.2, 0) is 6.42 Å². The number of aromatic nitrogens is 2. The van der Waals surface area contributed by atoms with E-state index in [1.807, 2.05) is 47.3 Å². The summed E-state index contributed by atoms with van der Waals surface area (Å²) in [6.07, 6.45) is 2.97. The molecule has 2 aromatic carbocycles. The molecule has 1 heterocycles. The van der Waals surface area contributed by atoms with Crippen LogP contribution in [0.5, 0.6) is 0 Å². The third-order valence-electron chi connectivity index (χ3n) is 3.67. The zero-order valence-corrected chi connectivity index (χ0v) is 12.1. The predicted molar refractivity (Wildman–Crippen MR) is 85.4 cm³/mol. The number of nitrogens with two attached hydrogens (primary N) is 1. The molecule has 3 aromatic rings. The Bertz CT molecular complexity index is 716. The van der Waals surface area contributed by atoms with Crippen molar-refractivity contribution in [2.75, 3.05) is 0 Å². The lowest BCUT2D eigenvalue weighted by Gasteiger charge is -2.10. The van der Waals surface area contributed by atoms with Crippen LogP contribution in [0.15, 0.2) is 66.9 Å². The molecular weight excluding hydrogens is 258 g/mol. The first kappa shape index (κ1) is 13.6. The minimum atomic E-state index is -0.193. The molecule has 0 saturated carbocycles. The molecule has 2 N–H and O–H groups in total. The van der Waals surface area contributed by atoms with Crippen LogP contribution < -0.4 is 5.73 Å². The third kappa shape index (κ3) is 2.88. The Kier molecular flexibility index (Phi) is 3.84. The smallest absolute Gasteiger partial charge is 0.0841 e. The van der Waals surface area contributed by atoms with E-state index in [1.165, 1.54) is 5.56 Å². The highest BCUT2D eigenvalue weighted by Gasteiger charge is 2.12. The van der Waals surface area contributed by atoms with Crippen LogP contribution >= 0.6 is 0 Å². The average Bonchev–Trinajstić information content (AvgIpc) is 3.05. The van der Waals surface area contributed by atoms with Crippen molar-refractivity contribution in [3.63, 3.8) is 0 Å². The van der Waals surface area contributed by atoms with Crippen LogP contribution in [0.1, 0.15) is 29.8 Å². The second kappa shape index (κ2) is 5.94. The Balaban J connectivity index is 1.88. The fourth-order valence-corrected chi connectivity index (χ4v) is 2.41. The highest BCUT2D eigenvalue weighted by molar-refractivity contribution is 5.34. The van der Waals surface area contributed by atoms with E-state index in [9.17, 15) is 0 Å².